The molecule has 18 heavy (non-hydrogen) atoms. The van der Waals surface area contributed by atoms with Crippen molar-refractivity contribution in [2.75, 3.05) is 5.32 Å². The highest BCUT2D eigenvalue weighted by molar-refractivity contribution is 9.10. The quantitative estimate of drug-likeness (QED) is 0.852. The summed E-state index contributed by atoms with van der Waals surface area (Å²) in [7, 11) is 0. The predicted molar refractivity (Wildman–Crippen MR) is 75.7 cm³/mol. The third-order valence-corrected chi connectivity index (χ3v) is 3.29. The van der Waals surface area contributed by atoms with Crippen molar-refractivity contribution in [2.45, 2.75) is 6.54 Å². The number of benzene rings is 1. The Balaban J connectivity index is 2.16. The zero-order valence-electron chi connectivity index (χ0n) is 9.05. The van der Waals surface area contributed by atoms with E-state index in [4.69, 9.17) is 23.2 Å². The first-order chi connectivity index (χ1) is 8.56. The topological polar surface area (TPSA) is 24.9 Å². The molecule has 0 bridgehead atoms. The fourth-order valence-electron chi connectivity index (χ4n) is 1.45. The van der Waals surface area contributed by atoms with Crippen LogP contribution in [0.1, 0.15) is 5.56 Å². The second-order valence-corrected chi connectivity index (χ2v) is 5.34. The summed E-state index contributed by atoms with van der Waals surface area (Å²) in [6.07, 6.45) is 2.74. The van der Waals surface area contributed by atoms with E-state index in [0.717, 1.165) is 10.7 Å². The molecule has 1 aromatic carbocycles. The Morgan fingerprint density at radius 2 is 1.83 bits per heavy atom. The Bertz CT molecular complexity index is 555. The van der Waals surface area contributed by atoms with E-state index in [1.165, 1.54) is 6.07 Å². The molecule has 0 amide bonds. The summed E-state index contributed by atoms with van der Waals surface area (Å²) < 4.78 is 13.8. The summed E-state index contributed by atoms with van der Waals surface area (Å²) in [5, 5.41) is 4.06. The minimum atomic E-state index is -0.373. The van der Waals surface area contributed by atoms with Crippen LogP contribution in [0.5, 0.6) is 0 Å². The summed E-state index contributed by atoms with van der Waals surface area (Å²) in [4.78, 5) is 3.77. The van der Waals surface area contributed by atoms with Gasteiger partial charge in [0, 0.05) is 17.2 Å². The highest BCUT2D eigenvalue weighted by Crippen LogP contribution is 2.34. The van der Waals surface area contributed by atoms with E-state index in [9.17, 15) is 4.39 Å². The van der Waals surface area contributed by atoms with Gasteiger partial charge in [-0.15, -0.1) is 0 Å². The Kier molecular flexibility index (Phi) is 4.43. The van der Waals surface area contributed by atoms with Gasteiger partial charge in [0.25, 0.3) is 0 Å². The van der Waals surface area contributed by atoms with Crippen LogP contribution >= 0.6 is 39.1 Å². The molecule has 1 N–H and O–H groups in total. The molecule has 94 valence electrons. The first-order valence-corrected chi connectivity index (χ1v) is 6.59. The van der Waals surface area contributed by atoms with Crippen LogP contribution in [0.2, 0.25) is 10.0 Å². The number of nitrogens with zero attached hydrogens (tertiary/aromatic N) is 1. The second-order valence-electron chi connectivity index (χ2n) is 3.61. The Hall–Kier alpha value is -0.840. The average Bonchev–Trinajstić information content (AvgIpc) is 2.27. The van der Waals surface area contributed by atoms with Gasteiger partial charge in [0.1, 0.15) is 5.82 Å². The zero-order chi connectivity index (χ0) is 13.1. The molecule has 1 heterocycles. The van der Waals surface area contributed by atoms with Crippen LogP contribution in [0.4, 0.5) is 10.1 Å². The van der Waals surface area contributed by atoms with Gasteiger partial charge in [0.2, 0.25) is 0 Å². The highest BCUT2D eigenvalue weighted by atomic mass is 79.9. The van der Waals surface area contributed by atoms with Crippen molar-refractivity contribution in [3.63, 3.8) is 0 Å². The molecule has 0 spiro atoms. The molecule has 1 aromatic heterocycles. The summed E-state index contributed by atoms with van der Waals surface area (Å²) in [6.45, 7) is 0.395. The van der Waals surface area contributed by atoms with E-state index in [2.05, 4.69) is 26.2 Å². The van der Waals surface area contributed by atoms with Crippen molar-refractivity contribution >= 4 is 44.8 Å². The van der Waals surface area contributed by atoms with Gasteiger partial charge in [0.15, 0.2) is 0 Å². The average molecular weight is 350 g/mol. The van der Waals surface area contributed by atoms with Crippen molar-refractivity contribution in [3.05, 3.63) is 56.5 Å². The Labute approximate surface area is 122 Å². The number of anilines is 1. The van der Waals surface area contributed by atoms with E-state index >= 15 is 0 Å². The Morgan fingerprint density at radius 3 is 2.44 bits per heavy atom. The minimum absolute atomic E-state index is 0.373. The van der Waals surface area contributed by atoms with Gasteiger partial charge in [-0.05, 0) is 23.8 Å². The van der Waals surface area contributed by atoms with Gasteiger partial charge in [-0.1, -0.05) is 39.1 Å². The lowest BCUT2D eigenvalue weighted by atomic mass is 10.2. The molecule has 0 atom stereocenters. The molecule has 0 fully saturated rings. The van der Waals surface area contributed by atoms with E-state index < -0.39 is 0 Å². The monoisotopic (exact) mass is 348 g/mol. The van der Waals surface area contributed by atoms with Crippen molar-refractivity contribution < 1.29 is 4.39 Å². The molecular formula is C12H8BrCl2FN2. The van der Waals surface area contributed by atoms with Crippen LogP contribution < -0.4 is 5.32 Å². The summed E-state index contributed by atoms with van der Waals surface area (Å²) in [6, 6.07) is 4.87. The third kappa shape index (κ3) is 3.34. The summed E-state index contributed by atoms with van der Waals surface area (Å²) in [5.74, 6) is -0.373. The highest BCUT2D eigenvalue weighted by Gasteiger charge is 2.07. The van der Waals surface area contributed by atoms with E-state index in [1.807, 2.05) is 0 Å². The van der Waals surface area contributed by atoms with Crippen molar-refractivity contribution in [1.82, 2.24) is 4.98 Å². The van der Waals surface area contributed by atoms with Crippen molar-refractivity contribution in [3.8, 4) is 0 Å². The smallest absolute Gasteiger partial charge is 0.141 e. The maximum absolute atomic E-state index is 13.0. The number of pyridine rings is 1. The molecular weight excluding hydrogens is 342 g/mol. The zero-order valence-corrected chi connectivity index (χ0v) is 12.2. The van der Waals surface area contributed by atoms with Gasteiger partial charge >= 0.3 is 0 Å². The van der Waals surface area contributed by atoms with E-state index in [1.54, 1.807) is 18.3 Å². The van der Waals surface area contributed by atoms with Crippen LogP contribution in [0.15, 0.2) is 35.1 Å². The first-order valence-electron chi connectivity index (χ1n) is 5.04. The normalized spacial score (nSPS) is 10.4. The molecule has 2 nitrogen and oxygen atoms in total. The molecule has 0 saturated heterocycles. The minimum Gasteiger partial charge on any atom is -0.378 e. The number of nitrogens with one attached hydrogen (secondary N) is 1. The number of rotatable bonds is 3. The molecule has 0 aliphatic carbocycles. The molecule has 0 saturated carbocycles. The van der Waals surface area contributed by atoms with Crippen LogP contribution in [-0.4, -0.2) is 4.98 Å². The number of halogens is 4. The number of aromatic nitrogens is 1. The SMILES string of the molecule is Fc1cncc(CNc2c(Cl)cc(Br)cc2Cl)c1. The maximum atomic E-state index is 13.0. The van der Waals surface area contributed by atoms with Gasteiger partial charge in [-0.25, -0.2) is 4.39 Å². The molecule has 2 rings (SSSR count). The fraction of sp³-hybridized carbons (Fsp3) is 0.0833. The number of hydrogen-bond acceptors (Lipinski definition) is 2. The van der Waals surface area contributed by atoms with E-state index in [-0.39, 0.29) is 5.82 Å². The van der Waals surface area contributed by atoms with Gasteiger partial charge in [-0.3, -0.25) is 4.98 Å². The van der Waals surface area contributed by atoms with Crippen LogP contribution in [0.3, 0.4) is 0 Å². The lowest BCUT2D eigenvalue weighted by molar-refractivity contribution is 0.619. The van der Waals surface area contributed by atoms with E-state index in [0.29, 0.717) is 27.8 Å². The molecule has 2 aromatic rings. The first kappa shape index (κ1) is 13.6. The summed E-state index contributed by atoms with van der Waals surface area (Å²) >= 11 is 15.4. The van der Waals surface area contributed by atoms with Gasteiger partial charge in [-0.2, -0.15) is 0 Å². The van der Waals surface area contributed by atoms with Crippen molar-refractivity contribution in [1.29, 1.82) is 0 Å². The maximum Gasteiger partial charge on any atom is 0.141 e. The standard InChI is InChI=1S/C12H8BrCl2FN2/c13-8-2-10(14)12(11(15)3-8)18-5-7-1-9(16)6-17-4-7/h1-4,6,18H,5H2. The second kappa shape index (κ2) is 5.87. The lowest BCUT2D eigenvalue weighted by Gasteiger charge is -2.10. The van der Waals surface area contributed by atoms with Crippen LogP contribution in [0.25, 0.3) is 0 Å². The molecule has 6 heteroatoms. The predicted octanol–water partition coefficient (Wildman–Crippen LogP) is 4.90. The number of hydrogen-bond donors (Lipinski definition) is 1. The lowest BCUT2D eigenvalue weighted by Crippen LogP contribution is -2.01. The third-order valence-electron chi connectivity index (χ3n) is 2.24. The molecule has 0 unspecified atom stereocenters. The fourth-order valence-corrected chi connectivity index (χ4v) is 2.80. The Morgan fingerprint density at radius 1 is 1.17 bits per heavy atom. The van der Waals surface area contributed by atoms with Gasteiger partial charge in [0.05, 0.1) is 21.9 Å². The van der Waals surface area contributed by atoms with Crippen LogP contribution in [0, 0.1) is 5.82 Å². The molecule has 0 aliphatic heterocycles. The molecule has 0 aliphatic rings. The summed E-state index contributed by atoms with van der Waals surface area (Å²) in [5.41, 5.74) is 1.33. The van der Waals surface area contributed by atoms with Crippen LogP contribution in [-0.2, 0) is 6.54 Å². The van der Waals surface area contributed by atoms with Crippen molar-refractivity contribution in [2.24, 2.45) is 0 Å². The van der Waals surface area contributed by atoms with Gasteiger partial charge < -0.3 is 5.32 Å². The largest absolute Gasteiger partial charge is 0.378 e. The molecule has 0 radical (unpaired) electrons.